The molecule has 0 saturated heterocycles. The Morgan fingerprint density at radius 2 is 2.05 bits per heavy atom. The number of rotatable bonds is 3. The highest BCUT2D eigenvalue weighted by molar-refractivity contribution is 7.22. The van der Waals surface area contributed by atoms with Crippen LogP contribution in [0, 0.1) is 6.92 Å². The van der Waals surface area contributed by atoms with Gasteiger partial charge in [-0.1, -0.05) is 30.9 Å². The molecule has 3 aromatic rings. The number of aromatic nitrogens is 1. The van der Waals surface area contributed by atoms with Crippen LogP contribution in [0.25, 0.3) is 21.0 Å². The summed E-state index contributed by atoms with van der Waals surface area (Å²) in [6.45, 7) is 6.36. The number of phenolic OH excluding ortho intramolecular Hbond substituents is 1. The van der Waals surface area contributed by atoms with Crippen LogP contribution in [-0.2, 0) is 0 Å². The van der Waals surface area contributed by atoms with Gasteiger partial charge < -0.3 is 17.5 Å². The van der Waals surface area contributed by atoms with Crippen molar-refractivity contribution in [3.8, 4) is 5.75 Å². The van der Waals surface area contributed by atoms with Gasteiger partial charge in [-0.15, -0.1) is 0 Å². The van der Waals surface area contributed by atoms with E-state index in [0.717, 1.165) is 31.7 Å². The van der Waals surface area contributed by atoms with Crippen molar-refractivity contribution in [2.75, 3.05) is 11.9 Å². The normalized spacial score (nSPS) is 10.4. The number of hydrogen-bond acceptors (Lipinski definition) is 3. The molecule has 3 nitrogen and oxygen atoms in total. The van der Waals surface area contributed by atoms with Gasteiger partial charge in [0.15, 0.2) is 5.52 Å². The molecular formula is C15H15ClN2OS. The Balaban J connectivity index is 0.00000147. The van der Waals surface area contributed by atoms with Gasteiger partial charge in [0.1, 0.15) is 12.3 Å². The molecule has 0 aliphatic heterocycles. The molecule has 20 heavy (non-hydrogen) atoms. The van der Waals surface area contributed by atoms with E-state index in [4.69, 9.17) is 0 Å². The molecule has 0 unspecified atom stereocenters. The van der Waals surface area contributed by atoms with Crippen molar-refractivity contribution in [2.45, 2.75) is 6.92 Å². The highest BCUT2D eigenvalue weighted by Gasteiger charge is 2.17. The van der Waals surface area contributed by atoms with E-state index in [-0.39, 0.29) is 12.4 Å². The van der Waals surface area contributed by atoms with E-state index in [1.54, 1.807) is 11.3 Å². The van der Waals surface area contributed by atoms with E-state index in [1.165, 1.54) is 0 Å². The van der Waals surface area contributed by atoms with Crippen molar-refractivity contribution in [2.24, 2.45) is 0 Å². The second-order valence-corrected chi connectivity index (χ2v) is 5.47. The molecule has 0 aliphatic rings. The average Bonchev–Trinajstić information content (AvgIpc) is 2.87. The molecule has 0 bridgehead atoms. The molecule has 0 amide bonds. The lowest BCUT2D eigenvalue weighted by Crippen LogP contribution is -3.00. The van der Waals surface area contributed by atoms with Gasteiger partial charge >= 0.3 is 5.13 Å². The van der Waals surface area contributed by atoms with Gasteiger partial charge in [0.2, 0.25) is 0 Å². The third kappa shape index (κ3) is 2.21. The summed E-state index contributed by atoms with van der Waals surface area (Å²) in [6, 6.07) is 7.90. The number of benzene rings is 2. The maximum absolute atomic E-state index is 10.3. The molecule has 3 rings (SSSR count). The van der Waals surface area contributed by atoms with Crippen LogP contribution in [0.2, 0.25) is 0 Å². The zero-order valence-corrected chi connectivity index (χ0v) is 12.6. The van der Waals surface area contributed by atoms with Crippen LogP contribution in [-0.4, -0.2) is 11.7 Å². The summed E-state index contributed by atoms with van der Waals surface area (Å²) in [5, 5.41) is 16.5. The Morgan fingerprint density at radius 3 is 2.75 bits per heavy atom. The number of fused-ring (bicyclic) bond motifs is 3. The summed E-state index contributed by atoms with van der Waals surface area (Å²) in [5.74, 6) is 0.369. The van der Waals surface area contributed by atoms with Crippen molar-refractivity contribution in [1.82, 2.24) is 0 Å². The molecule has 0 fully saturated rings. The molecule has 1 aromatic heterocycles. The number of H-pyrrole nitrogens is 1. The first-order valence-electron chi connectivity index (χ1n) is 6.13. The SMILES string of the molecule is C=CCNc1[nH+]c2c(s1)c(C)c(O)c1ccccc12.[Cl-]. The number of thiazole rings is 1. The standard InChI is InChI=1S/C15H14N2OS.ClH/c1-3-8-16-15-17-12-10-6-4-5-7-11(10)13(18)9(2)14(12)19-15;/h3-7,18H,1,8H2,2H3,(H,16,17);1H. The molecule has 5 heteroatoms. The quantitative estimate of drug-likeness (QED) is 0.692. The van der Waals surface area contributed by atoms with Gasteiger partial charge in [-0.3, -0.25) is 5.32 Å². The van der Waals surface area contributed by atoms with Crippen molar-refractivity contribution < 1.29 is 22.5 Å². The fourth-order valence-electron chi connectivity index (χ4n) is 2.26. The Morgan fingerprint density at radius 1 is 1.35 bits per heavy atom. The number of aryl methyl sites for hydroxylation is 1. The summed E-state index contributed by atoms with van der Waals surface area (Å²) in [6.07, 6.45) is 1.82. The fourth-order valence-corrected chi connectivity index (χ4v) is 3.29. The molecular weight excluding hydrogens is 292 g/mol. The fraction of sp³-hybridized carbons (Fsp3) is 0.133. The first-order valence-corrected chi connectivity index (χ1v) is 6.95. The minimum absolute atomic E-state index is 0. The van der Waals surface area contributed by atoms with Gasteiger partial charge in [-0.25, -0.2) is 4.98 Å². The number of aromatic hydroxyl groups is 1. The predicted molar refractivity (Wildman–Crippen MR) is 81.0 cm³/mol. The number of hydrogen-bond donors (Lipinski definition) is 2. The maximum Gasteiger partial charge on any atom is 0.332 e. The van der Waals surface area contributed by atoms with E-state index < -0.39 is 0 Å². The summed E-state index contributed by atoms with van der Waals surface area (Å²) in [7, 11) is 0. The summed E-state index contributed by atoms with van der Waals surface area (Å²) >= 11 is 1.62. The molecule has 0 spiro atoms. The maximum atomic E-state index is 10.3. The summed E-state index contributed by atoms with van der Waals surface area (Å²) < 4.78 is 1.09. The highest BCUT2D eigenvalue weighted by atomic mass is 35.5. The van der Waals surface area contributed by atoms with Crippen molar-refractivity contribution in [3.05, 3.63) is 42.5 Å². The number of aromatic amines is 1. The number of phenols is 1. The minimum atomic E-state index is 0. The molecule has 0 aliphatic carbocycles. The first kappa shape index (κ1) is 14.6. The molecule has 0 saturated carbocycles. The first-order chi connectivity index (χ1) is 9.22. The molecule has 0 radical (unpaired) electrons. The van der Waals surface area contributed by atoms with Gasteiger partial charge in [0.25, 0.3) is 0 Å². The van der Waals surface area contributed by atoms with E-state index in [2.05, 4.69) is 16.9 Å². The second-order valence-electron chi connectivity index (χ2n) is 4.45. The average molecular weight is 307 g/mol. The number of nitrogens with one attached hydrogen (secondary N) is 2. The molecule has 0 atom stereocenters. The van der Waals surface area contributed by atoms with Crippen LogP contribution >= 0.6 is 11.3 Å². The van der Waals surface area contributed by atoms with Crippen molar-refractivity contribution in [3.63, 3.8) is 0 Å². The Kier molecular flexibility index (Phi) is 4.16. The highest BCUT2D eigenvalue weighted by Crippen LogP contribution is 2.38. The van der Waals surface area contributed by atoms with Gasteiger partial charge in [-0.05, 0) is 24.3 Å². The second kappa shape index (κ2) is 5.69. The third-order valence-corrected chi connectivity index (χ3v) is 4.39. The lowest BCUT2D eigenvalue weighted by molar-refractivity contribution is -0.320. The van der Waals surface area contributed by atoms with Gasteiger partial charge in [0, 0.05) is 16.3 Å². The number of anilines is 1. The lowest BCUT2D eigenvalue weighted by atomic mass is 10.0. The van der Waals surface area contributed by atoms with Crippen LogP contribution in [0.3, 0.4) is 0 Å². The summed E-state index contributed by atoms with van der Waals surface area (Å²) in [4.78, 5) is 3.39. The van der Waals surface area contributed by atoms with Crippen LogP contribution in [0.5, 0.6) is 5.75 Å². The van der Waals surface area contributed by atoms with Crippen molar-refractivity contribution in [1.29, 1.82) is 0 Å². The zero-order chi connectivity index (χ0) is 13.4. The van der Waals surface area contributed by atoms with Crippen LogP contribution in [0.15, 0.2) is 36.9 Å². The van der Waals surface area contributed by atoms with Crippen molar-refractivity contribution >= 4 is 37.5 Å². The molecule has 104 valence electrons. The van der Waals surface area contributed by atoms with E-state index in [9.17, 15) is 5.11 Å². The molecule has 1 heterocycles. The Bertz CT molecular complexity index is 782. The van der Waals surface area contributed by atoms with Crippen LogP contribution in [0.1, 0.15) is 5.56 Å². The number of halogens is 1. The zero-order valence-electron chi connectivity index (χ0n) is 11.0. The van der Waals surface area contributed by atoms with E-state index in [1.807, 2.05) is 37.3 Å². The topological polar surface area (TPSA) is 46.4 Å². The van der Waals surface area contributed by atoms with Crippen LogP contribution < -0.4 is 22.7 Å². The van der Waals surface area contributed by atoms with Gasteiger partial charge in [-0.2, -0.15) is 0 Å². The van der Waals surface area contributed by atoms with E-state index in [0.29, 0.717) is 12.3 Å². The van der Waals surface area contributed by atoms with Gasteiger partial charge in [0.05, 0.1) is 4.70 Å². The smallest absolute Gasteiger partial charge is 0.332 e. The third-order valence-electron chi connectivity index (χ3n) is 3.22. The monoisotopic (exact) mass is 306 g/mol. The Hall–Kier alpha value is -1.78. The summed E-state index contributed by atoms with van der Waals surface area (Å²) in [5.41, 5.74) is 1.99. The van der Waals surface area contributed by atoms with Crippen LogP contribution in [0.4, 0.5) is 5.13 Å². The Labute approximate surface area is 127 Å². The molecule has 3 N–H and O–H groups in total. The predicted octanol–water partition coefficient (Wildman–Crippen LogP) is 0.485. The largest absolute Gasteiger partial charge is 1.00 e. The van der Waals surface area contributed by atoms with E-state index >= 15 is 0 Å². The lowest BCUT2D eigenvalue weighted by Gasteiger charge is -2.04. The molecule has 2 aromatic carbocycles. The minimum Gasteiger partial charge on any atom is -1.00 e.